The largest absolute Gasteiger partial charge is 0.336 e. The summed E-state index contributed by atoms with van der Waals surface area (Å²) in [5.41, 5.74) is 7.03. The molecule has 0 saturated carbocycles. The summed E-state index contributed by atoms with van der Waals surface area (Å²) < 4.78 is 0. The van der Waals surface area contributed by atoms with Crippen molar-refractivity contribution in [2.24, 2.45) is 17.6 Å². The normalized spacial score (nSPS) is 19.7. The van der Waals surface area contributed by atoms with Gasteiger partial charge in [0.25, 0.3) is 0 Å². The maximum Gasteiger partial charge on any atom is 0.223 e. The van der Waals surface area contributed by atoms with Crippen LogP contribution in [-0.4, -0.2) is 23.9 Å². The van der Waals surface area contributed by atoms with Crippen LogP contribution in [0, 0.1) is 11.8 Å². The van der Waals surface area contributed by atoms with E-state index in [0.717, 1.165) is 32.4 Å². The van der Waals surface area contributed by atoms with E-state index in [0.29, 0.717) is 24.2 Å². The van der Waals surface area contributed by atoms with E-state index in [-0.39, 0.29) is 6.04 Å². The van der Waals surface area contributed by atoms with Gasteiger partial charge in [-0.15, -0.1) is 11.3 Å². The third-order valence-electron chi connectivity index (χ3n) is 4.81. The Morgan fingerprint density at radius 3 is 2.90 bits per heavy atom. The molecule has 0 spiro atoms. The molecule has 1 aromatic rings. The highest BCUT2D eigenvalue weighted by atomic mass is 32.1. The molecule has 0 fully saturated rings. The average molecular weight is 308 g/mol. The van der Waals surface area contributed by atoms with Crippen LogP contribution in [0.4, 0.5) is 0 Å². The first-order valence-corrected chi connectivity index (χ1v) is 8.98. The molecule has 4 heteroatoms. The third-order valence-corrected chi connectivity index (χ3v) is 5.80. The van der Waals surface area contributed by atoms with E-state index in [1.54, 1.807) is 0 Å². The molecule has 1 amide bonds. The number of hydrogen-bond donors (Lipinski definition) is 1. The van der Waals surface area contributed by atoms with Crippen molar-refractivity contribution in [3.05, 3.63) is 21.9 Å². The lowest BCUT2D eigenvalue weighted by molar-refractivity contribution is -0.134. The summed E-state index contributed by atoms with van der Waals surface area (Å²) in [4.78, 5) is 16.1. The molecule has 2 N–H and O–H groups in total. The van der Waals surface area contributed by atoms with Crippen LogP contribution in [0.2, 0.25) is 0 Å². The van der Waals surface area contributed by atoms with Crippen molar-refractivity contribution in [3.8, 4) is 0 Å². The highest BCUT2D eigenvalue weighted by Crippen LogP contribution is 2.33. The Morgan fingerprint density at radius 2 is 2.24 bits per heavy atom. The van der Waals surface area contributed by atoms with Gasteiger partial charge >= 0.3 is 0 Å². The molecule has 2 heterocycles. The molecule has 0 saturated heterocycles. The van der Waals surface area contributed by atoms with Gasteiger partial charge in [0.2, 0.25) is 5.91 Å². The zero-order chi connectivity index (χ0) is 15.4. The van der Waals surface area contributed by atoms with E-state index < -0.39 is 0 Å². The van der Waals surface area contributed by atoms with E-state index in [1.807, 2.05) is 11.3 Å². The quantitative estimate of drug-likeness (QED) is 0.873. The number of carbonyl (C=O) groups excluding carboxylic acids is 1. The predicted octanol–water partition coefficient (Wildman–Crippen LogP) is 3.60. The Labute approximate surface area is 132 Å². The lowest BCUT2D eigenvalue weighted by Crippen LogP contribution is -2.38. The standard InChI is InChI=1S/C17H28N2OS/c1-12(2)14(6-9-18)4-5-17(20)19-10-7-16-15(13(19)3)8-11-21-16/h8,11-14H,4-7,9-10,18H2,1-3H3. The summed E-state index contributed by atoms with van der Waals surface area (Å²) in [5, 5.41) is 2.14. The van der Waals surface area contributed by atoms with Crippen LogP contribution in [0.3, 0.4) is 0 Å². The van der Waals surface area contributed by atoms with Gasteiger partial charge in [0, 0.05) is 17.8 Å². The second kappa shape index (κ2) is 7.41. The summed E-state index contributed by atoms with van der Waals surface area (Å²) in [5.74, 6) is 1.47. The van der Waals surface area contributed by atoms with Crippen LogP contribution in [-0.2, 0) is 11.2 Å². The van der Waals surface area contributed by atoms with Gasteiger partial charge in [-0.2, -0.15) is 0 Å². The molecule has 0 aromatic carbocycles. The van der Waals surface area contributed by atoms with Crippen molar-refractivity contribution in [2.45, 2.75) is 52.5 Å². The lowest BCUT2D eigenvalue weighted by Gasteiger charge is -2.34. The first-order valence-electron chi connectivity index (χ1n) is 8.10. The first kappa shape index (κ1) is 16.5. The van der Waals surface area contributed by atoms with Gasteiger partial charge in [0.1, 0.15) is 0 Å². The van der Waals surface area contributed by atoms with E-state index in [1.165, 1.54) is 10.4 Å². The van der Waals surface area contributed by atoms with E-state index in [9.17, 15) is 4.79 Å². The summed E-state index contributed by atoms with van der Waals surface area (Å²) >= 11 is 1.82. The highest BCUT2D eigenvalue weighted by Gasteiger charge is 2.28. The molecule has 0 aliphatic carbocycles. The molecule has 1 aliphatic heterocycles. The van der Waals surface area contributed by atoms with Crippen molar-refractivity contribution in [1.29, 1.82) is 0 Å². The van der Waals surface area contributed by atoms with Gasteiger partial charge in [-0.1, -0.05) is 13.8 Å². The second-order valence-corrected chi connectivity index (χ2v) is 7.43. The fourth-order valence-electron chi connectivity index (χ4n) is 3.33. The third kappa shape index (κ3) is 3.86. The van der Waals surface area contributed by atoms with Crippen molar-refractivity contribution in [3.63, 3.8) is 0 Å². The number of thiophene rings is 1. The number of nitrogens with two attached hydrogens (primary N) is 1. The SMILES string of the molecule is CC(C)C(CCN)CCC(=O)N1CCc2sccc2C1C. The molecule has 1 aliphatic rings. The smallest absolute Gasteiger partial charge is 0.223 e. The molecule has 2 unspecified atom stereocenters. The van der Waals surface area contributed by atoms with Gasteiger partial charge in [-0.05, 0) is 61.6 Å². The van der Waals surface area contributed by atoms with Crippen LogP contribution in [0.5, 0.6) is 0 Å². The van der Waals surface area contributed by atoms with Crippen LogP contribution < -0.4 is 5.73 Å². The Balaban J connectivity index is 1.92. The molecule has 2 atom stereocenters. The second-order valence-electron chi connectivity index (χ2n) is 6.43. The maximum absolute atomic E-state index is 12.6. The summed E-state index contributed by atoms with van der Waals surface area (Å²) in [6, 6.07) is 2.41. The minimum atomic E-state index is 0.236. The number of nitrogens with zero attached hydrogens (tertiary/aromatic N) is 1. The first-order chi connectivity index (χ1) is 10.0. The Hall–Kier alpha value is -0.870. The lowest BCUT2D eigenvalue weighted by atomic mass is 9.88. The fraction of sp³-hybridized carbons (Fsp3) is 0.706. The molecule has 3 nitrogen and oxygen atoms in total. The minimum Gasteiger partial charge on any atom is -0.336 e. The summed E-state index contributed by atoms with van der Waals surface area (Å²) in [6.45, 7) is 8.20. The predicted molar refractivity (Wildman–Crippen MR) is 89.4 cm³/mol. The Bertz CT molecular complexity index is 469. The Morgan fingerprint density at radius 1 is 1.48 bits per heavy atom. The van der Waals surface area contributed by atoms with Crippen LogP contribution in [0.1, 0.15) is 56.5 Å². The number of hydrogen-bond acceptors (Lipinski definition) is 3. The van der Waals surface area contributed by atoms with E-state index in [2.05, 4.69) is 37.1 Å². The zero-order valence-electron chi connectivity index (χ0n) is 13.5. The number of carbonyl (C=O) groups is 1. The number of amides is 1. The van der Waals surface area contributed by atoms with E-state index in [4.69, 9.17) is 5.73 Å². The molecule has 21 heavy (non-hydrogen) atoms. The molecular weight excluding hydrogens is 280 g/mol. The maximum atomic E-state index is 12.6. The average Bonchev–Trinajstić information content (AvgIpc) is 2.92. The Kier molecular flexibility index (Phi) is 5.82. The van der Waals surface area contributed by atoms with Gasteiger partial charge in [-0.25, -0.2) is 0 Å². The topological polar surface area (TPSA) is 46.3 Å². The summed E-state index contributed by atoms with van der Waals surface area (Å²) in [7, 11) is 0. The van der Waals surface area contributed by atoms with Crippen molar-refractivity contribution in [2.75, 3.05) is 13.1 Å². The van der Waals surface area contributed by atoms with Gasteiger partial charge in [0.05, 0.1) is 6.04 Å². The number of rotatable bonds is 6. The minimum absolute atomic E-state index is 0.236. The monoisotopic (exact) mass is 308 g/mol. The summed E-state index contributed by atoms with van der Waals surface area (Å²) in [6.07, 6.45) is 3.66. The molecule has 2 rings (SSSR count). The van der Waals surface area contributed by atoms with Crippen LogP contribution in [0.25, 0.3) is 0 Å². The molecule has 1 aromatic heterocycles. The highest BCUT2D eigenvalue weighted by molar-refractivity contribution is 7.10. The molecule has 118 valence electrons. The van der Waals surface area contributed by atoms with Gasteiger partial charge < -0.3 is 10.6 Å². The van der Waals surface area contributed by atoms with Gasteiger partial charge in [0.15, 0.2) is 0 Å². The zero-order valence-corrected chi connectivity index (χ0v) is 14.3. The van der Waals surface area contributed by atoms with Crippen molar-refractivity contribution >= 4 is 17.2 Å². The van der Waals surface area contributed by atoms with Crippen LogP contribution >= 0.6 is 11.3 Å². The van der Waals surface area contributed by atoms with Gasteiger partial charge in [-0.3, -0.25) is 4.79 Å². The van der Waals surface area contributed by atoms with E-state index >= 15 is 0 Å². The molecule has 0 bridgehead atoms. The molecule has 0 radical (unpaired) electrons. The van der Waals surface area contributed by atoms with Crippen molar-refractivity contribution < 1.29 is 4.79 Å². The fourth-order valence-corrected chi connectivity index (χ4v) is 4.29. The molecular formula is C17H28N2OS. The van der Waals surface area contributed by atoms with Crippen LogP contribution in [0.15, 0.2) is 11.4 Å². The number of fused-ring (bicyclic) bond motifs is 1. The van der Waals surface area contributed by atoms with Crippen molar-refractivity contribution in [1.82, 2.24) is 4.90 Å².